The van der Waals surface area contributed by atoms with Crippen LogP contribution in [0.4, 0.5) is 4.39 Å². The Morgan fingerprint density at radius 1 is 1.19 bits per heavy atom. The number of hydrogen-bond acceptors (Lipinski definition) is 3. The maximum Gasteiger partial charge on any atom is 0.230 e. The summed E-state index contributed by atoms with van der Waals surface area (Å²) >= 11 is 0. The molecule has 144 valence electrons. The Morgan fingerprint density at radius 3 is 2.63 bits per heavy atom. The number of aryl methyl sites for hydroxylation is 1. The van der Waals surface area contributed by atoms with Crippen molar-refractivity contribution in [3.63, 3.8) is 0 Å². The van der Waals surface area contributed by atoms with Gasteiger partial charge in [0.1, 0.15) is 11.6 Å². The van der Waals surface area contributed by atoms with E-state index in [1.807, 2.05) is 31.2 Å². The molecule has 27 heavy (non-hydrogen) atoms. The molecule has 0 spiro atoms. The van der Waals surface area contributed by atoms with Gasteiger partial charge in [-0.25, -0.2) is 4.39 Å². The summed E-state index contributed by atoms with van der Waals surface area (Å²) in [6.07, 6.45) is 1.92. The summed E-state index contributed by atoms with van der Waals surface area (Å²) in [4.78, 5) is 13.0. The molecule has 2 aromatic rings. The summed E-state index contributed by atoms with van der Waals surface area (Å²) in [6, 6.07) is 14.1. The summed E-state index contributed by atoms with van der Waals surface area (Å²) in [5.41, 5.74) is 1.35. The molecule has 1 aliphatic heterocycles. The first-order valence-electron chi connectivity index (χ1n) is 9.42. The van der Waals surface area contributed by atoms with Gasteiger partial charge < -0.3 is 14.8 Å². The fraction of sp³-hybridized carbons (Fsp3) is 0.409. The van der Waals surface area contributed by atoms with Crippen LogP contribution in [0.25, 0.3) is 0 Å². The summed E-state index contributed by atoms with van der Waals surface area (Å²) in [5, 5.41) is 3.04. The molecule has 1 fully saturated rings. The third-order valence-corrected chi connectivity index (χ3v) is 5.04. The number of nitrogens with one attached hydrogen (secondary N) is 1. The number of carbonyl (C=O) groups excluding carboxylic acids is 1. The Kier molecular flexibility index (Phi) is 6.45. The zero-order valence-electron chi connectivity index (χ0n) is 15.7. The molecule has 1 N–H and O–H groups in total. The van der Waals surface area contributed by atoms with E-state index in [0.717, 1.165) is 23.3 Å². The van der Waals surface area contributed by atoms with E-state index in [9.17, 15) is 9.18 Å². The SMILES string of the molecule is Cc1cccc(OCCCNC(=O)C2(c3ccc(F)cc3)CCOCC2)c1. The second-order valence-corrected chi connectivity index (χ2v) is 6.98. The molecule has 3 rings (SSSR count). The van der Waals surface area contributed by atoms with E-state index in [4.69, 9.17) is 9.47 Å². The molecule has 0 aliphatic carbocycles. The van der Waals surface area contributed by atoms with Crippen molar-refractivity contribution in [2.45, 2.75) is 31.6 Å². The largest absolute Gasteiger partial charge is 0.494 e. The van der Waals surface area contributed by atoms with Crippen LogP contribution in [-0.4, -0.2) is 32.3 Å². The minimum atomic E-state index is -0.649. The average Bonchev–Trinajstić information content (AvgIpc) is 2.68. The smallest absolute Gasteiger partial charge is 0.230 e. The van der Waals surface area contributed by atoms with Crippen molar-refractivity contribution in [3.05, 3.63) is 65.5 Å². The maximum absolute atomic E-state index is 13.3. The Hall–Kier alpha value is -2.40. The molecule has 1 amide bonds. The van der Waals surface area contributed by atoms with Crippen LogP contribution in [-0.2, 0) is 14.9 Å². The molecule has 4 nitrogen and oxygen atoms in total. The summed E-state index contributed by atoms with van der Waals surface area (Å²) in [6.45, 7) is 4.16. The monoisotopic (exact) mass is 371 g/mol. The predicted octanol–water partition coefficient (Wildman–Crippen LogP) is 3.77. The maximum atomic E-state index is 13.3. The zero-order chi connectivity index (χ0) is 19.1. The van der Waals surface area contributed by atoms with Crippen molar-refractivity contribution >= 4 is 5.91 Å². The van der Waals surface area contributed by atoms with E-state index in [0.29, 0.717) is 39.2 Å². The average molecular weight is 371 g/mol. The lowest BCUT2D eigenvalue weighted by atomic mass is 9.73. The molecule has 0 unspecified atom stereocenters. The summed E-state index contributed by atoms with van der Waals surface area (Å²) < 4.78 is 24.5. The minimum Gasteiger partial charge on any atom is -0.494 e. The fourth-order valence-corrected chi connectivity index (χ4v) is 3.47. The van der Waals surface area contributed by atoms with Crippen LogP contribution in [0.15, 0.2) is 48.5 Å². The molecule has 1 aliphatic rings. The third-order valence-electron chi connectivity index (χ3n) is 5.04. The number of rotatable bonds is 7. The first kappa shape index (κ1) is 19.4. The van der Waals surface area contributed by atoms with Crippen molar-refractivity contribution in [2.24, 2.45) is 0 Å². The molecule has 2 aromatic carbocycles. The number of carbonyl (C=O) groups is 1. The molecule has 0 aromatic heterocycles. The van der Waals surface area contributed by atoms with E-state index < -0.39 is 5.41 Å². The van der Waals surface area contributed by atoms with E-state index in [1.165, 1.54) is 12.1 Å². The van der Waals surface area contributed by atoms with Crippen LogP contribution in [0, 0.1) is 12.7 Å². The molecular weight excluding hydrogens is 345 g/mol. The number of hydrogen-bond donors (Lipinski definition) is 1. The van der Waals surface area contributed by atoms with E-state index >= 15 is 0 Å². The van der Waals surface area contributed by atoms with Crippen molar-refractivity contribution in [1.82, 2.24) is 5.32 Å². The Balaban J connectivity index is 1.54. The number of ether oxygens (including phenoxy) is 2. The highest BCUT2D eigenvalue weighted by Gasteiger charge is 2.41. The van der Waals surface area contributed by atoms with Gasteiger partial charge in [0, 0.05) is 19.8 Å². The van der Waals surface area contributed by atoms with Crippen molar-refractivity contribution in [3.8, 4) is 5.75 Å². The second-order valence-electron chi connectivity index (χ2n) is 6.98. The number of amides is 1. The van der Waals surface area contributed by atoms with Gasteiger partial charge in [-0.15, -0.1) is 0 Å². The lowest BCUT2D eigenvalue weighted by Crippen LogP contribution is -2.48. The van der Waals surface area contributed by atoms with Crippen molar-refractivity contribution < 1.29 is 18.7 Å². The Bertz CT molecular complexity index is 754. The molecule has 5 heteroatoms. The molecule has 0 bridgehead atoms. The highest BCUT2D eigenvalue weighted by Crippen LogP contribution is 2.35. The van der Waals surface area contributed by atoms with E-state index in [2.05, 4.69) is 5.32 Å². The summed E-state index contributed by atoms with van der Waals surface area (Å²) in [5.74, 6) is 0.524. The van der Waals surface area contributed by atoms with Crippen molar-refractivity contribution in [2.75, 3.05) is 26.4 Å². The van der Waals surface area contributed by atoms with Gasteiger partial charge >= 0.3 is 0 Å². The minimum absolute atomic E-state index is 0.0204. The number of benzene rings is 2. The topological polar surface area (TPSA) is 47.6 Å². The van der Waals surface area contributed by atoms with Gasteiger partial charge in [-0.1, -0.05) is 24.3 Å². The van der Waals surface area contributed by atoms with Crippen LogP contribution in [0.2, 0.25) is 0 Å². The van der Waals surface area contributed by atoms with Gasteiger partial charge in [-0.3, -0.25) is 4.79 Å². The summed E-state index contributed by atoms with van der Waals surface area (Å²) in [7, 11) is 0. The fourth-order valence-electron chi connectivity index (χ4n) is 3.47. The van der Waals surface area contributed by atoms with Gasteiger partial charge in [0.15, 0.2) is 0 Å². The third kappa shape index (κ3) is 4.86. The molecule has 0 saturated carbocycles. The van der Waals surface area contributed by atoms with E-state index in [-0.39, 0.29) is 11.7 Å². The quantitative estimate of drug-likeness (QED) is 0.754. The van der Waals surface area contributed by atoms with Crippen molar-refractivity contribution in [1.29, 1.82) is 0 Å². The highest BCUT2D eigenvalue weighted by atomic mass is 19.1. The molecular formula is C22H26FNO3. The highest BCUT2D eigenvalue weighted by molar-refractivity contribution is 5.88. The molecule has 0 atom stereocenters. The van der Waals surface area contributed by atoms with Gasteiger partial charge in [0.25, 0.3) is 0 Å². The first-order chi connectivity index (χ1) is 13.1. The van der Waals surface area contributed by atoms with Crippen LogP contribution in [0.5, 0.6) is 5.75 Å². The lowest BCUT2D eigenvalue weighted by Gasteiger charge is -2.36. The standard InChI is InChI=1S/C22H26FNO3/c1-17-4-2-5-20(16-17)27-13-3-12-24-21(25)22(10-14-26-15-11-22)18-6-8-19(23)9-7-18/h2,4-9,16H,3,10-15H2,1H3,(H,24,25). The van der Waals surface area contributed by atoms with Crippen LogP contribution in [0.1, 0.15) is 30.4 Å². The van der Waals surface area contributed by atoms with Gasteiger partial charge in [0.2, 0.25) is 5.91 Å². The second kappa shape index (κ2) is 9.00. The van der Waals surface area contributed by atoms with Gasteiger partial charge in [0.05, 0.1) is 12.0 Å². The molecule has 1 heterocycles. The van der Waals surface area contributed by atoms with Crippen LogP contribution in [0.3, 0.4) is 0 Å². The van der Waals surface area contributed by atoms with E-state index in [1.54, 1.807) is 12.1 Å². The zero-order valence-corrected chi connectivity index (χ0v) is 15.7. The Morgan fingerprint density at radius 2 is 1.93 bits per heavy atom. The Labute approximate surface area is 159 Å². The van der Waals surface area contributed by atoms with Crippen LogP contribution < -0.4 is 10.1 Å². The molecule has 0 radical (unpaired) electrons. The predicted molar refractivity (Wildman–Crippen MR) is 102 cm³/mol. The van der Waals surface area contributed by atoms with Crippen LogP contribution >= 0.6 is 0 Å². The lowest BCUT2D eigenvalue weighted by molar-refractivity contribution is -0.130. The normalized spacial score (nSPS) is 15.9. The van der Waals surface area contributed by atoms with Gasteiger partial charge in [-0.2, -0.15) is 0 Å². The number of halogens is 1. The molecule has 1 saturated heterocycles. The first-order valence-corrected chi connectivity index (χ1v) is 9.42. The van der Waals surface area contributed by atoms with Gasteiger partial charge in [-0.05, 0) is 61.6 Å².